The zero-order valence-corrected chi connectivity index (χ0v) is 7.97. The molecule has 0 nitrogen and oxygen atoms in total. The molecule has 0 aromatic heterocycles. The molecule has 0 atom stereocenters. The summed E-state index contributed by atoms with van der Waals surface area (Å²) in [5.41, 5.74) is 0. The Labute approximate surface area is 71.2 Å². The molecule has 0 heterocycles. The van der Waals surface area contributed by atoms with E-state index in [1.54, 1.807) is 0 Å². The summed E-state index contributed by atoms with van der Waals surface area (Å²) in [6, 6.07) is 0. The Morgan fingerprint density at radius 2 is 2.00 bits per heavy atom. The first kappa shape index (κ1) is 9.21. The van der Waals surface area contributed by atoms with Crippen LogP contribution in [-0.2, 0) is 0 Å². The third kappa shape index (κ3) is 8.21. The average molecular weight is 236 g/mol. The van der Waals surface area contributed by atoms with Crippen LogP contribution in [0.25, 0.3) is 0 Å². The van der Waals surface area contributed by atoms with Gasteiger partial charge in [-0.3, -0.25) is 0 Å². The van der Waals surface area contributed by atoms with Crippen molar-refractivity contribution in [2.75, 3.05) is 4.43 Å². The summed E-state index contributed by atoms with van der Waals surface area (Å²) in [6.45, 7) is 2.05. The topological polar surface area (TPSA) is 0 Å². The van der Waals surface area contributed by atoms with Crippen LogP contribution in [0.1, 0.15) is 19.8 Å². The Hall–Kier alpha value is 0.210. The van der Waals surface area contributed by atoms with Crippen molar-refractivity contribution >= 4 is 22.6 Å². The highest BCUT2D eigenvalue weighted by Gasteiger charge is 1.71. The third-order valence-corrected chi connectivity index (χ3v) is 1.57. The standard InChI is InChI=1S/C8H13I/c1-2-3-4-5-6-7-8-9/h2-3,5-6H,4,7-8H2,1H3/b3-2+,6-5+. The fourth-order valence-electron chi connectivity index (χ4n) is 0.492. The Bertz CT molecular complexity index is 92.7. The van der Waals surface area contributed by atoms with E-state index in [2.05, 4.69) is 46.9 Å². The largest absolute Gasteiger partial charge is 0.0914 e. The first-order valence-corrected chi connectivity index (χ1v) is 4.76. The highest BCUT2D eigenvalue weighted by Crippen LogP contribution is 1.92. The molecule has 0 bridgehead atoms. The minimum Gasteiger partial charge on any atom is -0.0914 e. The number of rotatable bonds is 4. The maximum atomic E-state index is 2.38. The maximum Gasteiger partial charge on any atom is 0.00299 e. The quantitative estimate of drug-likeness (QED) is 0.399. The molecule has 0 saturated heterocycles. The van der Waals surface area contributed by atoms with Crippen molar-refractivity contribution in [3.63, 3.8) is 0 Å². The van der Waals surface area contributed by atoms with Crippen LogP contribution in [0.15, 0.2) is 24.3 Å². The minimum absolute atomic E-state index is 1.09. The SMILES string of the molecule is C/C=C/C/C=C/CCI. The van der Waals surface area contributed by atoms with E-state index in [9.17, 15) is 0 Å². The minimum atomic E-state index is 1.09. The van der Waals surface area contributed by atoms with E-state index < -0.39 is 0 Å². The molecular weight excluding hydrogens is 223 g/mol. The van der Waals surface area contributed by atoms with Crippen LogP contribution in [0, 0.1) is 0 Å². The highest BCUT2D eigenvalue weighted by atomic mass is 127. The number of allylic oxidation sites excluding steroid dienone is 4. The molecule has 0 spiro atoms. The summed E-state index contributed by atoms with van der Waals surface area (Å²) in [7, 11) is 0. The second-order valence-electron chi connectivity index (χ2n) is 1.75. The molecule has 1 heteroatoms. The summed E-state index contributed by atoms with van der Waals surface area (Å²) in [6.07, 6.45) is 11.0. The van der Waals surface area contributed by atoms with E-state index in [-0.39, 0.29) is 0 Å². The molecule has 0 radical (unpaired) electrons. The van der Waals surface area contributed by atoms with Gasteiger partial charge in [0.25, 0.3) is 0 Å². The lowest BCUT2D eigenvalue weighted by Gasteiger charge is -1.81. The van der Waals surface area contributed by atoms with E-state index in [4.69, 9.17) is 0 Å². The summed E-state index contributed by atoms with van der Waals surface area (Å²) in [5.74, 6) is 0. The molecule has 0 aromatic rings. The Balaban J connectivity index is 3.04. The first-order valence-electron chi connectivity index (χ1n) is 3.24. The van der Waals surface area contributed by atoms with E-state index in [1.165, 1.54) is 10.8 Å². The molecule has 0 fully saturated rings. The van der Waals surface area contributed by atoms with Crippen LogP contribution in [0.5, 0.6) is 0 Å². The number of hydrogen-bond acceptors (Lipinski definition) is 0. The van der Waals surface area contributed by atoms with Gasteiger partial charge in [0.05, 0.1) is 0 Å². The van der Waals surface area contributed by atoms with Crippen molar-refractivity contribution in [2.24, 2.45) is 0 Å². The Morgan fingerprint density at radius 1 is 1.22 bits per heavy atom. The second-order valence-corrected chi connectivity index (χ2v) is 2.83. The lowest BCUT2D eigenvalue weighted by molar-refractivity contribution is 1.24. The van der Waals surface area contributed by atoms with Crippen molar-refractivity contribution in [1.29, 1.82) is 0 Å². The Kier molecular flexibility index (Phi) is 8.40. The van der Waals surface area contributed by atoms with E-state index >= 15 is 0 Å². The van der Waals surface area contributed by atoms with Gasteiger partial charge >= 0.3 is 0 Å². The predicted molar refractivity (Wildman–Crippen MR) is 52.1 cm³/mol. The van der Waals surface area contributed by atoms with Crippen molar-refractivity contribution in [1.82, 2.24) is 0 Å². The molecule has 0 aromatic carbocycles. The summed E-state index contributed by atoms with van der Waals surface area (Å²) in [5, 5.41) is 0. The molecule has 0 rings (SSSR count). The van der Waals surface area contributed by atoms with E-state index in [0.717, 1.165) is 6.42 Å². The molecule has 52 valence electrons. The lowest BCUT2D eigenvalue weighted by Crippen LogP contribution is -1.64. The smallest absolute Gasteiger partial charge is 0.00299 e. The normalized spacial score (nSPS) is 11.8. The van der Waals surface area contributed by atoms with Crippen LogP contribution in [-0.4, -0.2) is 4.43 Å². The van der Waals surface area contributed by atoms with Gasteiger partial charge in [-0.25, -0.2) is 0 Å². The molecule has 0 aliphatic heterocycles. The highest BCUT2D eigenvalue weighted by molar-refractivity contribution is 14.1. The van der Waals surface area contributed by atoms with Gasteiger partial charge in [-0.1, -0.05) is 46.9 Å². The molecule has 0 unspecified atom stereocenters. The monoisotopic (exact) mass is 236 g/mol. The van der Waals surface area contributed by atoms with Gasteiger partial charge < -0.3 is 0 Å². The third-order valence-electron chi connectivity index (χ3n) is 0.950. The lowest BCUT2D eigenvalue weighted by atomic mass is 10.3. The fourth-order valence-corrected chi connectivity index (χ4v) is 0.851. The zero-order chi connectivity index (χ0) is 6.95. The van der Waals surface area contributed by atoms with Crippen molar-refractivity contribution in [3.8, 4) is 0 Å². The van der Waals surface area contributed by atoms with E-state index in [0.29, 0.717) is 0 Å². The molecule has 9 heavy (non-hydrogen) atoms. The predicted octanol–water partition coefficient (Wildman–Crippen LogP) is 3.33. The Morgan fingerprint density at radius 3 is 2.56 bits per heavy atom. The van der Waals surface area contributed by atoms with E-state index in [1.807, 2.05) is 6.92 Å². The molecule has 0 aliphatic rings. The van der Waals surface area contributed by atoms with Gasteiger partial charge in [0.1, 0.15) is 0 Å². The molecule has 0 saturated carbocycles. The molecule has 0 amide bonds. The van der Waals surface area contributed by atoms with Crippen molar-refractivity contribution in [2.45, 2.75) is 19.8 Å². The summed E-state index contributed by atoms with van der Waals surface area (Å²) < 4.78 is 1.23. The summed E-state index contributed by atoms with van der Waals surface area (Å²) in [4.78, 5) is 0. The molecule has 0 N–H and O–H groups in total. The van der Waals surface area contributed by atoms with Crippen LogP contribution in [0.2, 0.25) is 0 Å². The van der Waals surface area contributed by atoms with Crippen LogP contribution < -0.4 is 0 Å². The van der Waals surface area contributed by atoms with Gasteiger partial charge in [0.15, 0.2) is 0 Å². The first-order chi connectivity index (χ1) is 4.41. The summed E-state index contributed by atoms with van der Waals surface area (Å²) >= 11 is 2.38. The van der Waals surface area contributed by atoms with Crippen LogP contribution in [0.4, 0.5) is 0 Å². The van der Waals surface area contributed by atoms with Gasteiger partial charge in [-0.2, -0.15) is 0 Å². The number of alkyl halides is 1. The second kappa shape index (κ2) is 8.21. The van der Waals surface area contributed by atoms with Gasteiger partial charge in [0.2, 0.25) is 0 Å². The average Bonchev–Trinajstić information content (AvgIpc) is 1.89. The zero-order valence-electron chi connectivity index (χ0n) is 5.81. The molecule has 0 aliphatic carbocycles. The number of halogens is 1. The van der Waals surface area contributed by atoms with Crippen LogP contribution >= 0.6 is 22.6 Å². The van der Waals surface area contributed by atoms with Gasteiger partial charge in [0, 0.05) is 4.43 Å². The van der Waals surface area contributed by atoms with Crippen molar-refractivity contribution in [3.05, 3.63) is 24.3 Å². The van der Waals surface area contributed by atoms with Gasteiger partial charge in [-0.15, -0.1) is 0 Å². The number of hydrogen-bond donors (Lipinski definition) is 0. The molecular formula is C8H13I. The van der Waals surface area contributed by atoms with Crippen molar-refractivity contribution < 1.29 is 0 Å². The van der Waals surface area contributed by atoms with Gasteiger partial charge in [-0.05, 0) is 19.8 Å². The fraction of sp³-hybridized carbons (Fsp3) is 0.500. The van der Waals surface area contributed by atoms with Crippen LogP contribution in [0.3, 0.4) is 0 Å². The maximum absolute atomic E-state index is 2.38.